The van der Waals surface area contributed by atoms with Crippen molar-refractivity contribution in [2.75, 3.05) is 27.3 Å². The first-order chi connectivity index (χ1) is 10.2. The van der Waals surface area contributed by atoms with E-state index < -0.39 is 0 Å². The molecule has 1 heterocycles. The van der Waals surface area contributed by atoms with Gasteiger partial charge < -0.3 is 15.2 Å². The molecule has 1 aliphatic heterocycles. The molecule has 3 atom stereocenters. The van der Waals surface area contributed by atoms with E-state index in [2.05, 4.69) is 24.0 Å². The molecule has 1 aromatic carbocycles. The van der Waals surface area contributed by atoms with E-state index in [9.17, 15) is 0 Å². The predicted molar refractivity (Wildman–Crippen MR) is 85.7 cm³/mol. The van der Waals surface area contributed by atoms with Crippen LogP contribution < -0.4 is 10.5 Å². The lowest BCUT2D eigenvalue weighted by molar-refractivity contribution is -0.00105. The molecule has 4 heteroatoms. The number of likely N-dealkylation sites (tertiary alicyclic amines) is 1. The summed E-state index contributed by atoms with van der Waals surface area (Å²) in [5.41, 5.74) is 7.31. The summed E-state index contributed by atoms with van der Waals surface area (Å²) < 4.78 is 10.7. The minimum Gasteiger partial charge on any atom is -0.497 e. The minimum absolute atomic E-state index is 0.364. The highest BCUT2D eigenvalue weighted by Gasteiger charge is 2.30. The molecule has 0 bridgehead atoms. The molecule has 21 heavy (non-hydrogen) atoms. The zero-order valence-corrected chi connectivity index (χ0v) is 13.4. The molecule has 0 aromatic heterocycles. The van der Waals surface area contributed by atoms with Crippen LogP contribution in [0.5, 0.6) is 5.75 Å². The number of rotatable bonds is 6. The monoisotopic (exact) mass is 292 g/mol. The fraction of sp³-hybridized carbons (Fsp3) is 0.647. The molecule has 0 saturated carbocycles. The molecular formula is C17H28N2O2. The van der Waals surface area contributed by atoms with Crippen molar-refractivity contribution in [3.8, 4) is 5.75 Å². The van der Waals surface area contributed by atoms with Crippen molar-refractivity contribution in [3.05, 3.63) is 29.8 Å². The standard InChI is InChI=1S/C17H28N2O2/c1-13(10-14-4-6-16(20-2)7-5-14)19-9-8-17(21-3)11-15(19)12-18/h4-7,13,15,17H,8-12,18H2,1-3H3. The van der Waals surface area contributed by atoms with Crippen LogP contribution in [-0.2, 0) is 11.2 Å². The summed E-state index contributed by atoms with van der Waals surface area (Å²) in [5, 5.41) is 0. The van der Waals surface area contributed by atoms with Gasteiger partial charge >= 0.3 is 0 Å². The summed E-state index contributed by atoms with van der Waals surface area (Å²) in [6.45, 7) is 4.06. The fourth-order valence-corrected chi connectivity index (χ4v) is 3.28. The summed E-state index contributed by atoms with van der Waals surface area (Å²) in [4.78, 5) is 2.54. The Hall–Kier alpha value is -1.10. The molecule has 1 fully saturated rings. The summed E-state index contributed by atoms with van der Waals surface area (Å²) >= 11 is 0. The number of hydrogen-bond acceptors (Lipinski definition) is 4. The Bertz CT molecular complexity index is 421. The van der Waals surface area contributed by atoms with Crippen LogP contribution >= 0.6 is 0 Å². The van der Waals surface area contributed by atoms with Gasteiger partial charge in [0.15, 0.2) is 0 Å². The number of piperidine rings is 1. The van der Waals surface area contributed by atoms with E-state index in [0.29, 0.717) is 24.7 Å². The lowest BCUT2D eigenvalue weighted by Gasteiger charge is -2.42. The van der Waals surface area contributed by atoms with Crippen LogP contribution in [0.1, 0.15) is 25.3 Å². The Kier molecular flexibility index (Phi) is 6.03. The second-order valence-corrected chi connectivity index (χ2v) is 5.91. The van der Waals surface area contributed by atoms with Gasteiger partial charge in [-0.05, 0) is 43.9 Å². The molecular weight excluding hydrogens is 264 g/mol. The average molecular weight is 292 g/mol. The van der Waals surface area contributed by atoms with Gasteiger partial charge in [0.1, 0.15) is 5.75 Å². The molecule has 1 aromatic rings. The first-order valence-corrected chi connectivity index (χ1v) is 7.79. The Balaban J connectivity index is 1.96. The maximum absolute atomic E-state index is 5.97. The van der Waals surface area contributed by atoms with Gasteiger partial charge in [0.2, 0.25) is 0 Å². The van der Waals surface area contributed by atoms with Gasteiger partial charge in [-0.1, -0.05) is 12.1 Å². The van der Waals surface area contributed by atoms with Crippen molar-refractivity contribution < 1.29 is 9.47 Å². The fourth-order valence-electron chi connectivity index (χ4n) is 3.28. The molecule has 2 N–H and O–H groups in total. The molecule has 0 radical (unpaired) electrons. The summed E-state index contributed by atoms with van der Waals surface area (Å²) in [5.74, 6) is 0.909. The largest absolute Gasteiger partial charge is 0.497 e. The number of benzene rings is 1. The molecule has 0 aliphatic carbocycles. The van der Waals surface area contributed by atoms with E-state index in [4.69, 9.17) is 15.2 Å². The summed E-state index contributed by atoms with van der Waals surface area (Å²) in [7, 11) is 3.50. The first-order valence-electron chi connectivity index (χ1n) is 7.79. The molecule has 3 unspecified atom stereocenters. The van der Waals surface area contributed by atoms with Crippen molar-refractivity contribution in [3.63, 3.8) is 0 Å². The average Bonchev–Trinajstić information content (AvgIpc) is 2.54. The number of methoxy groups -OCH3 is 2. The lowest BCUT2D eigenvalue weighted by atomic mass is 9.95. The lowest BCUT2D eigenvalue weighted by Crippen LogP contribution is -2.52. The zero-order valence-electron chi connectivity index (χ0n) is 13.4. The molecule has 1 aliphatic rings. The summed E-state index contributed by atoms with van der Waals surface area (Å²) in [6.07, 6.45) is 3.54. The highest BCUT2D eigenvalue weighted by Crippen LogP contribution is 2.23. The third-order valence-electron chi connectivity index (χ3n) is 4.57. The smallest absolute Gasteiger partial charge is 0.118 e. The number of nitrogens with zero attached hydrogens (tertiary/aromatic N) is 1. The van der Waals surface area contributed by atoms with E-state index >= 15 is 0 Å². The van der Waals surface area contributed by atoms with E-state index in [1.165, 1.54) is 5.56 Å². The minimum atomic E-state index is 0.364. The van der Waals surface area contributed by atoms with Crippen LogP contribution in [0.2, 0.25) is 0 Å². The Morgan fingerprint density at radius 2 is 2.00 bits per heavy atom. The number of hydrogen-bond donors (Lipinski definition) is 1. The SMILES string of the molecule is COc1ccc(CC(C)N2CCC(OC)CC2CN)cc1. The van der Waals surface area contributed by atoms with Crippen LogP contribution in [0.4, 0.5) is 0 Å². The Morgan fingerprint density at radius 3 is 2.57 bits per heavy atom. The van der Waals surface area contributed by atoms with Gasteiger partial charge in [-0.2, -0.15) is 0 Å². The van der Waals surface area contributed by atoms with E-state index in [-0.39, 0.29) is 0 Å². The zero-order chi connectivity index (χ0) is 15.2. The topological polar surface area (TPSA) is 47.7 Å². The van der Waals surface area contributed by atoms with Crippen LogP contribution in [0.3, 0.4) is 0 Å². The van der Waals surface area contributed by atoms with Crippen molar-refractivity contribution in [1.82, 2.24) is 4.90 Å². The molecule has 4 nitrogen and oxygen atoms in total. The van der Waals surface area contributed by atoms with Crippen LogP contribution in [0, 0.1) is 0 Å². The van der Waals surface area contributed by atoms with Crippen molar-refractivity contribution >= 4 is 0 Å². The molecule has 118 valence electrons. The number of ether oxygens (including phenoxy) is 2. The van der Waals surface area contributed by atoms with Crippen LogP contribution in [-0.4, -0.2) is 50.4 Å². The maximum Gasteiger partial charge on any atom is 0.118 e. The molecule has 0 amide bonds. The van der Waals surface area contributed by atoms with Crippen molar-refractivity contribution in [2.45, 2.75) is 44.4 Å². The third kappa shape index (κ3) is 4.19. The molecule has 0 spiro atoms. The third-order valence-corrected chi connectivity index (χ3v) is 4.57. The highest BCUT2D eigenvalue weighted by atomic mass is 16.5. The van der Waals surface area contributed by atoms with Gasteiger partial charge in [0.05, 0.1) is 13.2 Å². The van der Waals surface area contributed by atoms with E-state index in [0.717, 1.165) is 31.6 Å². The maximum atomic E-state index is 5.97. The highest BCUT2D eigenvalue weighted by molar-refractivity contribution is 5.27. The second kappa shape index (κ2) is 7.78. The number of nitrogens with two attached hydrogens (primary N) is 1. The normalized spacial score (nSPS) is 24.8. The van der Waals surface area contributed by atoms with Gasteiger partial charge in [0, 0.05) is 32.3 Å². The molecule has 1 saturated heterocycles. The summed E-state index contributed by atoms with van der Waals surface area (Å²) in [6, 6.07) is 9.27. The predicted octanol–water partition coefficient (Wildman–Crippen LogP) is 2.06. The second-order valence-electron chi connectivity index (χ2n) is 5.91. The first kappa shape index (κ1) is 16.3. The quantitative estimate of drug-likeness (QED) is 0.872. The van der Waals surface area contributed by atoms with E-state index in [1.54, 1.807) is 14.2 Å². The van der Waals surface area contributed by atoms with Gasteiger partial charge in [0.25, 0.3) is 0 Å². The Labute approximate surface area is 128 Å². The van der Waals surface area contributed by atoms with Crippen molar-refractivity contribution in [1.29, 1.82) is 0 Å². The van der Waals surface area contributed by atoms with Crippen molar-refractivity contribution in [2.24, 2.45) is 5.73 Å². The van der Waals surface area contributed by atoms with Gasteiger partial charge in [-0.3, -0.25) is 4.90 Å². The van der Waals surface area contributed by atoms with E-state index in [1.807, 2.05) is 12.1 Å². The van der Waals surface area contributed by atoms with Crippen LogP contribution in [0.15, 0.2) is 24.3 Å². The van der Waals surface area contributed by atoms with Gasteiger partial charge in [-0.25, -0.2) is 0 Å². The Morgan fingerprint density at radius 1 is 1.29 bits per heavy atom. The van der Waals surface area contributed by atoms with Crippen LogP contribution in [0.25, 0.3) is 0 Å². The molecule has 2 rings (SSSR count). The van der Waals surface area contributed by atoms with Gasteiger partial charge in [-0.15, -0.1) is 0 Å².